The van der Waals surface area contributed by atoms with Crippen molar-refractivity contribution in [1.29, 1.82) is 0 Å². The Morgan fingerprint density at radius 3 is 2.22 bits per heavy atom. The number of nitrogens with zero attached hydrogens (tertiary/aromatic N) is 1. The molecule has 0 saturated heterocycles. The minimum absolute atomic E-state index is 0.0525. The Labute approximate surface area is 213 Å². The van der Waals surface area contributed by atoms with Gasteiger partial charge in [0, 0.05) is 25.6 Å². The summed E-state index contributed by atoms with van der Waals surface area (Å²) in [5.41, 5.74) is 0.664. The van der Waals surface area contributed by atoms with Crippen LogP contribution in [0.2, 0.25) is 0 Å². The quantitative estimate of drug-likeness (QED) is 0.362. The van der Waals surface area contributed by atoms with E-state index in [2.05, 4.69) is 0 Å². The Balaban J connectivity index is 1.94. The summed E-state index contributed by atoms with van der Waals surface area (Å²) in [5.74, 6) is 0.157. The van der Waals surface area contributed by atoms with Gasteiger partial charge in [0.25, 0.3) is 0 Å². The number of ether oxygens (including phenoxy) is 2. The zero-order valence-electron chi connectivity index (χ0n) is 20.9. The third-order valence-corrected chi connectivity index (χ3v) is 8.94. The van der Waals surface area contributed by atoms with Gasteiger partial charge in [0.15, 0.2) is 0 Å². The average Bonchev–Trinajstić information content (AvgIpc) is 2.88. The maximum atomic E-state index is 15.1. The van der Waals surface area contributed by atoms with E-state index >= 15 is 4.39 Å². The summed E-state index contributed by atoms with van der Waals surface area (Å²) in [7, 11) is -0.939. The Kier molecular flexibility index (Phi) is 9.62. The fourth-order valence-electron chi connectivity index (χ4n) is 4.43. The second kappa shape index (κ2) is 12.5. The number of aliphatic hydroxyl groups excluding tert-OH is 1. The van der Waals surface area contributed by atoms with Crippen LogP contribution in [0.1, 0.15) is 30.0 Å². The van der Waals surface area contributed by atoms with E-state index in [9.17, 15) is 13.5 Å². The predicted molar refractivity (Wildman–Crippen MR) is 139 cm³/mol. The van der Waals surface area contributed by atoms with Gasteiger partial charge in [-0.3, -0.25) is 0 Å². The van der Waals surface area contributed by atoms with Gasteiger partial charge in [-0.15, -0.1) is 0 Å². The highest BCUT2D eigenvalue weighted by Gasteiger charge is 2.47. The van der Waals surface area contributed by atoms with Crippen LogP contribution in [0, 0.1) is 5.82 Å². The first-order valence-corrected chi connectivity index (χ1v) is 13.3. The molecule has 0 radical (unpaired) electrons. The lowest BCUT2D eigenvalue weighted by Gasteiger charge is -2.39. The number of hydrogen-bond acceptors (Lipinski definition) is 5. The molecule has 0 spiro atoms. The van der Waals surface area contributed by atoms with Gasteiger partial charge in [0.1, 0.15) is 11.6 Å². The summed E-state index contributed by atoms with van der Waals surface area (Å²) >= 11 is 0. The van der Waals surface area contributed by atoms with Gasteiger partial charge in [-0.1, -0.05) is 67.6 Å². The minimum Gasteiger partial charge on any atom is -0.497 e. The molecule has 0 fully saturated rings. The number of halogens is 1. The van der Waals surface area contributed by atoms with Gasteiger partial charge < -0.3 is 14.6 Å². The van der Waals surface area contributed by atoms with E-state index in [4.69, 9.17) is 9.47 Å². The number of rotatable bonds is 13. The van der Waals surface area contributed by atoms with Gasteiger partial charge in [0.05, 0.1) is 25.6 Å². The molecule has 2 unspecified atom stereocenters. The molecule has 6 nitrogen and oxygen atoms in total. The molecule has 0 bridgehead atoms. The SMILES string of the molecule is COc1ccc(CN(C)S(=O)(=O)C(CCO)C(C)(COCc2ccccc2)c2ccccc2F)cc1. The van der Waals surface area contributed by atoms with Gasteiger partial charge in [-0.25, -0.2) is 17.1 Å². The topological polar surface area (TPSA) is 76.1 Å². The third kappa shape index (κ3) is 6.50. The summed E-state index contributed by atoms with van der Waals surface area (Å²) in [5, 5.41) is 8.75. The second-order valence-electron chi connectivity index (χ2n) is 9.03. The first-order valence-electron chi connectivity index (χ1n) is 11.8. The summed E-state index contributed by atoms with van der Waals surface area (Å²) in [6, 6.07) is 22.8. The van der Waals surface area contributed by atoms with Crippen LogP contribution in [-0.4, -0.2) is 50.5 Å². The van der Waals surface area contributed by atoms with E-state index in [1.807, 2.05) is 30.3 Å². The van der Waals surface area contributed by atoms with E-state index in [1.165, 1.54) is 17.4 Å². The van der Waals surface area contributed by atoms with E-state index in [-0.39, 0.29) is 38.3 Å². The molecule has 0 heterocycles. The number of aliphatic hydroxyl groups is 1. The molecule has 194 valence electrons. The summed E-state index contributed by atoms with van der Waals surface area (Å²) in [4.78, 5) is 0. The lowest BCUT2D eigenvalue weighted by atomic mass is 9.78. The summed E-state index contributed by atoms with van der Waals surface area (Å²) in [6.45, 7) is 1.63. The standard InChI is InChI=1S/C28H34FNO5S/c1-28(25-11-7-8-12-26(25)29,21-35-20-23-9-5-4-6-10-23)27(17-18-31)36(32,33)30(2)19-22-13-15-24(34-3)16-14-22/h4-16,27,31H,17-21H2,1-3H3. The molecule has 2 atom stereocenters. The van der Waals surface area contributed by atoms with E-state index < -0.39 is 26.5 Å². The van der Waals surface area contributed by atoms with Crippen LogP contribution in [0.4, 0.5) is 4.39 Å². The van der Waals surface area contributed by atoms with Crippen molar-refractivity contribution in [1.82, 2.24) is 4.31 Å². The van der Waals surface area contributed by atoms with Crippen molar-refractivity contribution in [3.05, 3.63) is 101 Å². The molecule has 0 aliphatic carbocycles. The van der Waals surface area contributed by atoms with Crippen LogP contribution in [0.5, 0.6) is 5.75 Å². The fourth-order valence-corrected chi connectivity index (χ4v) is 6.45. The van der Waals surface area contributed by atoms with E-state index in [0.29, 0.717) is 5.75 Å². The van der Waals surface area contributed by atoms with Crippen molar-refractivity contribution in [2.24, 2.45) is 0 Å². The predicted octanol–water partition coefficient (Wildman–Crippen LogP) is 4.52. The molecular formula is C28H34FNO5S. The van der Waals surface area contributed by atoms with Crippen LogP contribution in [0.25, 0.3) is 0 Å². The Morgan fingerprint density at radius 1 is 0.972 bits per heavy atom. The molecule has 3 aromatic rings. The maximum absolute atomic E-state index is 15.1. The van der Waals surface area contributed by atoms with E-state index in [1.54, 1.807) is 56.5 Å². The van der Waals surface area contributed by atoms with Crippen LogP contribution in [-0.2, 0) is 33.3 Å². The number of sulfonamides is 1. The van der Waals surface area contributed by atoms with Crippen molar-refractivity contribution in [3.8, 4) is 5.75 Å². The molecule has 0 saturated carbocycles. The molecule has 0 aliphatic heterocycles. The maximum Gasteiger partial charge on any atom is 0.218 e. The molecule has 3 aromatic carbocycles. The fraction of sp³-hybridized carbons (Fsp3) is 0.357. The molecule has 0 aromatic heterocycles. The second-order valence-corrected chi connectivity index (χ2v) is 11.2. The van der Waals surface area contributed by atoms with Gasteiger partial charge in [-0.2, -0.15) is 0 Å². The first kappa shape index (κ1) is 27.8. The Morgan fingerprint density at radius 2 is 1.61 bits per heavy atom. The van der Waals surface area contributed by atoms with Crippen LogP contribution in [0.3, 0.4) is 0 Å². The van der Waals surface area contributed by atoms with Crippen molar-refractivity contribution in [2.45, 2.75) is 37.2 Å². The van der Waals surface area contributed by atoms with Gasteiger partial charge >= 0.3 is 0 Å². The number of benzene rings is 3. The highest BCUT2D eigenvalue weighted by atomic mass is 32.2. The Bertz CT molecular complexity index is 1200. The molecule has 8 heteroatoms. The van der Waals surface area contributed by atoms with Gasteiger partial charge in [0.2, 0.25) is 10.0 Å². The summed E-state index contributed by atoms with van der Waals surface area (Å²) < 4.78 is 55.4. The zero-order chi connectivity index (χ0) is 26.2. The third-order valence-electron chi connectivity index (χ3n) is 6.46. The molecule has 0 aliphatic rings. The zero-order valence-corrected chi connectivity index (χ0v) is 21.7. The Hall–Kier alpha value is -2.78. The molecule has 0 amide bonds. The smallest absolute Gasteiger partial charge is 0.218 e. The van der Waals surface area contributed by atoms with Gasteiger partial charge in [-0.05, 0) is 41.3 Å². The van der Waals surface area contributed by atoms with Crippen LogP contribution < -0.4 is 4.74 Å². The molecule has 1 N–H and O–H groups in total. The monoisotopic (exact) mass is 515 g/mol. The number of methoxy groups -OCH3 is 1. The molecular weight excluding hydrogens is 481 g/mol. The van der Waals surface area contributed by atoms with Crippen molar-refractivity contribution in [3.63, 3.8) is 0 Å². The average molecular weight is 516 g/mol. The lowest BCUT2D eigenvalue weighted by molar-refractivity contribution is 0.0692. The van der Waals surface area contributed by atoms with Crippen molar-refractivity contribution >= 4 is 10.0 Å². The lowest BCUT2D eigenvalue weighted by Crippen LogP contribution is -2.51. The van der Waals surface area contributed by atoms with Crippen molar-refractivity contribution in [2.75, 3.05) is 27.4 Å². The minimum atomic E-state index is -4.00. The summed E-state index contributed by atoms with van der Waals surface area (Å²) in [6.07, 6.45) is -0.0746. The highest BCUT2D eigenvalue weighted by molar-refractivity contribution is 7.89. The molecule has 3 rings (SSSR count). The normalized spacial score (nSPS) is 14.4. The van der Waals surface area contributed by atoms with Crippen LogP contribution in [0.15, 0.2) is 78.9 Å². The first-order chi connectivity index (χ1) is 17.2. The largest absolute Gasteiger partial charge is 0.497 e. The van der Waals surface area contributed by atoms with E-state index in [0.717, 1.165) is 11.1 Å². The van der Waals surface area contributed by atoms with Crippen LogP contribution >= 0.6 is 0 Å². The molecule has 36 heavy (non-hydrogen) atoms. The highest BCUT2D eigenvalue weighted by Crippen LogP contribution is 2.37. The van der Waals surface area contributed by atoms with Crippen molar-refractivity contribution < 1.29 is 27.4 Å². The number of hydrogen-bond donors (Lipinski definition) is 1.